The van der Waals surface area contributed by atoms with Crippen LogP contribution in [0, 0.1) is 5.82 Å². The van der Waals surface area contributed by atoms with Gasteiger partial charge >= 0.3 is 0 Å². The Morgan fingerprint density at radius 3 is 1.52 bits per heavy atom. The molecule has 5 aromatic carbocycles. The fourth-order valence-electron chi connectivity index (χ4n) is 4.72. The molecule has 0 fully saturated rings. The van der Waals surface area contributed by atoms with Crippen molar-refractivity contribution < 1.29 is 14.3 Å². The Labute approximate surface area is 277 Å². The normalized spacial score (nSPS) is 10.7. The van der Waals surface area contributed by atoms with E-state index in [0.717, 1.165) is 29.9 Å². The molecule has 6 rings (SSSR count). The van der Waals surface area contributed by atoms with Gasteiger partial charge in [-0.25, -0.2) is 4.39 Å². The molecular weight excluding hydrogens is 607 g/mol. The minimum absolute atomic E-state index is 0.146. The molecule has 6 N–H and O–H groups in total. The molecule has 1 heterocycles. The Morgan fingerprint density at radius 1 is 0.542 bits per heavy atom. The van der Waals surface area contributed by atoms with Crippen LogP contribution < -0.4 is 26.6 Å². The average molecular weight is 641 g/mol. The summed E-state index contributed by atoms with van der Waals surface area (Å²) in [7, 11) is 0. The third-order valence-electron chi connectivity index (χ3n) is 7.24. The van der Waals surface area contributed by atoms with Crippen molar-refractivity contribution in [2.24, 2.45) is 0 Å². The van der Waals surface area contributed by atoms with Gasteiger partial charge in [0.05, 0.1) is 0 Å². The third kappa shape index (κ3) is 9.12. The molecule has 0 saturated carbocycles. The number of nitrogens with zero attached hydrogens (tertiary/aromatic N) is 3. The Kier molecular flexibility index (Phi) is 10.1. The molecule has 0 bridgehead atoms. The Bertz CT molecular complexity index is 1940. The molecule has 0 radical (unpaired) electrons. The van der Waals surface area contributed by atoms with E-state index in [1.165, 1.54) is 17.7 Å². The zero-order chi connectivity index (χ0) is 33.1. The number of phenols is 1. The van der Waals surface area contributed by atoms with Crippen LogP contribution in [0.5, 0.6) is 5.75 Å². The number of rotatable bonds is 13. The lowest BCUT2D eigenvalue weighted by Gasteiger charge is -2.12. The first-order valence-electron chi connectivity index (χ1n) is 15.3. The molecule has 0 unspecified atom stereocenters. The molecule has 0 spiro atoms. The Morgan fingerprint density at radius 2 is 0.979 bits per heavy atom. The number of aromatic nitrogens is 3. The highest BCUT2D eigenvalue weighted by molar-refractivity contribution is 5.94. The van der Waals surface area contributed by atoms with Gasteiger partial charge < -0.3 is 31.7 Å². The minimum atomic E-state index is -0.324. The smallest absolute Gasteiger partial charge is 0.251 e. The van der Waals surface area contributed by atoms with Gasteiger partial charge in [-0.05, 0) is 89.5 Å². The maximum atomic E-state index is 13.2. The van der Waals surface area contributed by atoms with E-state index >= 15 is 0 Å². The average Bonchev–Trinajstić information content (AvgIpc) is 3.10. The van der Waals surface area contributed by atoms with Crippen molar-refractivity contribution in [2.45, 2.75) is 19.6 Å². The molecule has 0 atom stereocenters. The summed E-state index contributed by atoms with van der Waals surface area (Å²) in [5.41, 5.74) is 5.76. The molecule has 1 amide bonds. The van der Waals surface area contributed by atoms with E-state index in [0.29, 0.717) is 22.9 Å². The predicted octanol–water partition coefficient (Wildman–Crippen LogP) is 7.17. The SMILES string of the molecule is O=C(NCc1ccc(F)cc1)c1ccc(Nc2nc(Nc3ccc(O)cc3)nc(Nc3ccc(CNCc4ccccc4)cc3)n2)cc1. The van der Waals surface area contributed by atoms with E-state index in [4.69, 9.17) is 0 Å². The number of amides is 1. The van der Waals surface area contributed by atoms with E-state index in [1.807, 2.05) is 42.5 Å². The van der Waals surface area contributed by atoms with Crippen LogP contribution >= 0.6 is 0 Å². The fourth-order valence-corrected chi connectivity index (χ4v) is 4.72. The summed E-state index contributed by atoms with van der Waals surface area (Å²) in [6.07, 6.45) is 0. The van der Waals surface area contributed by atoms with Gasteiger partial charge in [-0.1, -0.05) is 54.6 Å². The van der Waals surface area contributed by atoms with Crippen LogP contribution in [0.3, 0.4) is 0 Å². The summed E-state index contributed by atoms with van der Waals surface area (Å²) in [6.45, 7) is 1.79. The highest BCUT2D eigenvalue weighted by atomic mass is 19.1. The van der Waals surface area contributed by atoms with Crippen molar-refractivity contribution in [2.75, 3.05) is 16.0 Å². The first-order valence-corrected chi connectivity index (χ1v) is 15.3. The van der Waals surface area contributed by atoms with Crippen molar-refractivity contribution in [3.05, 3.63) is 155 Å². The molecule has 48 heavy (non-hydrogen) atoms. The maximum Gasteiger partial charge on any atom is 0.251 e. The van der Waals surface area contributed by atoms with Crippen LogP contribution in [0.15, 0.2) is 127 Å². The fraction of sp³-hybridized carbons (Fsp3) is 0.0811. The van der Waals surface area contributed by atoms with Crippen molar-refractivity contribution in [1.82, 2.24) is 25.6 Å². The number of carbonyl (C=O) groups is 1. The number of benzene rings is 5. The van der Waals surface area contributed by atoms with Gasteiger partial charge in [0.25, 0.3) is 5.91 Å². The number of halogens is 1. The largest absolute Gasteiger partial charge is 0.508 e. The van der Waals surface area contributed by atoms with E-state index in [9.17, 15) is 14.3 Å². The second kappa shape index (κ2) is 15.3. The summed E-state index contributed by atoms with van der Waals surface area (Å²) in [4.78, 5) is 26.3. The molecule has 0 aliphatic heterocycles. The first-order chi connectivity index (χ1) is 23.4. The first kappa shape index (κ1) is 31.6. The number of hydrogen-bond donors (Lipinski definition) is 6. The van der Waals surface area contributed by atoms with Gasteiger partial charge in [-0.15, -0.1) is 0 Å². The molecule has 0 saturated heterocycles. The summed E-state index contributed by atoms with van der Waals surface area (Å²) >= 11 is 0. The summed E-state index contributed by atoms with van der Waals surface area (Å²) in [6, 6.07) is 37.7. The van der Waals surface area contributed by atoms with Gasteiger partial charge in [0.2, 0.25) is 17.8 Å². The topological polar surface area (TPSA) is 136 Å². The maximum absolute atomic E-state index is 13.2. The van der Waals surface area contributed by atoms with Gasteiger partial charge in [0.1, 0.15) is 11.6 Å². The predicted molar refractivity (Wildman–Crippen MR) is 185 cm³/mol. The number of hydrogen-bond acceptors (Lipinski definition) is 9. The molecule has 1 aromatic heterocycles. The van der Waals surface area contributed by atoms with Crippen molar-refractivity contribution in [3.63, 3.8) is 0 Å². The number of carbonyl (C=O) groups excluding carboxylic acids is 1. The number of aromatic hydroxyl groups is 1. The molecular formula is C37H33FN8O2. The molecule has 0 aliphatic rings. The third-order valence-corrected chi connectivity index (χ3v) is 7.24. The highest BCUT2D eigenvalue weighted by Gasteiger charge is 2.11. The molecule has 0 aliphatic carbocycles. The van der Waals surface area contributed by atoms with Gasteiger partial charge in [-0.2, -0.15) is 15.0 Å². The van der Waals surface area contributed by atoms with Crippen molar-refractivity contribution >= 4 is 40.8 Å². The van der Waals surface area contributed by atoms with Gasteiger partial charge in [0, 0.05) is 42.3 Å². The Hall–Kier alpha value is -6.33. The monoisotopic (exact) mass is 640 g/mol. The standard InChI is InChI=1S/C37H33FN8O2/c38-29-12-6-27(7-13-29)24-40-34(48)28-10-16-31(17-11-28)42-36-44-35(45-37(46-36)43-32-18-20-33(47)21-19-32)41-30-14-8-26(9-15-30)23-39-22-25-4-2-1-3-5-25/h1-21,39,47H,22-24H2,(H,40,48)(H3,41,42,43,44,45,46). The van der Waals surface area contributed by atoms with Crippen molar-refractivity contribution in [1.29, 1.82) is 0 Å². The molecule has 6 aromatic rings. The lowest BCUT2D eigenvalue weighted by Crippen LogP contribution is -2.22. The van der Waals surface area contributed by atoms with Crippen molar-refractivity contribution in [3.8, 4) is 5.75 Å². The van der Waals surface area contributed by atoms with Crippen LogP contribution in [0.25, 0.3) is 0 Å². The minimum Gasteiger partial charge on any atom is -0.508 e. The van der Waals surface area contributed by atoms with E-state index in [-0.39, 0.29) is 35.9 Å². The lowest BCUT2D eigenvalue weighted by atomic mass is 10.1. The molecule has 10 nitrogen and oxygen atoms in total. The second-order valence-corrected chi connectivity index (χ2v) is 10.9. The van der Waals surface area contributed by atoms with E-state index in [2.05, 4.69) is 53.7 Å². The summed E-state index contributed by atoms with van der Waals surface area (Å²) in [5, 5.41) is 25.6. The zero-order valence-electron chi connectivity index (χ0n) is 25.8. The van der Waals surface area contributed by atoms with Crippen LogP contribution in [0.4, 0.5) is 39.3 Å². The number of nitrogens with one attached hydrogen (secondary N) is 5. The van der Waals surface area contributed by atoms with Gasteiger partial charge in [0.15, 0.2) is 0 Å². The zero-order valence-corrected chi connectivity index (χ0v) is 25.8. The molecule has 240 valence electrons. The highest BCUT2D eigenvalue weighted by Crippen LogP contribution is 2.23. The van der Waals surface area contributed by atoms with E-state index in [1.54, 1.807) is 60.7 Å². The lowest BCUT2D eigenvalue weighted by molar-refractivity contribution is 0.0951. The number of phenolic OH excluding ortho intramolecular Hbond substituents is 1. The summed E-state index contributed by atoms with van der Waals surface area (Å²) in [5.74, 6) is 0.418. The Balaban J connectivity index is 1.12. The van der Waals surface area contributed by atoms with Crippen LogP contribution in [-0.2, 0) is 19.6 Å². The van der Waals surface area contributed by atoms with Crippen LogP contribution in [-0.4, -0.2) is 26.0 Å². The second-order valence-electron chi connectivity index (χ2n) is 10.9. The number of anilines is 6. The summed E-state index contributed by atoms with van der Waals surface area (Å²) < 4.78 is 13.2. The quantitative estimate of drug-likeness (QED) is 0.0727. The molecule has 11 heteroatoms. The van der Waals surface area contributed by atoms with Gasteiger partial charge in [-0.3, -0.25) is 4.79 Å². The van der Waals surface area contributed by atoms with Crippen LogP contribution in [0.2, 0.25) is 0 Å². The van der Waals surface area contributed by atoms with Crippen LogP contribution in [0.1, 0.15) is 27.0 Å². The van der Waals surface area contributed by atoms with E-state index < -0.39 is 0 Å².